The van der Waals surface area contributed by atoms with Crippen LogP contribution in [0.5, 0.6) is 0 Å². The number of aliphatic imine (C=N–C) groups is 1. The molecule has 0 aliphatic carbocycles. The normalized spacial score (nSPS) is 14.3. The minimum atomic E-state index is -1.19. The van der Waals surface area contributed by atoms with Gasteiger partial charge in [-0.3, -0.25) is 19.4 Å². The van der Waals surface area contributed by atoms with E-state index in [0.717, 1.165) is 12.8 Å². The molecule has 0 spiro atoms. The molecule has 30 heavy (non-hydrogen) atoms. The molecule has 0 saturated heterocycles. The molecule has 1 unspecified atom stereocenters. The van der Waals surface area contributed by atoms with Crippen molar-refractivity contribution in [3.8, 4) is 0 Å². The number of Topliss-reactive ketones (excluding diaryl/α,β-unsaturated/α-hetero) is 1. The van der Waals surface area contributed by atoms with Crippen LogP contribution in [-0.4, -0.2) is 44.6 Å². The Balaban J connectivity index is 1.60. The first kappa shape index (κ1) is 19.2. The molecule has 10 heteroatoms. The van der Waals surface area contributed by atoms with E-state index in [1.807, 2.05) is 6.08 Å². The number of hydrogen-bond acceptors (Lipinski definition) is 7. The molecule has 0 fully saturated rings. The van der Waals surface area contributed by atoms with Gasteiger partial charge >= 0.3 is 0 Å². The number of furan rings is 1. The minimum absolute atomic E-state index is 0.00743. The smallest absolute Gasteiger partial charge is 0.287 e. The zero-order chi connectivity index (χ0) is 21.1. The van der Waals surface area contributed by atoms with Crippen LogP contribution in [0.15, 0.2) is 52.3 Å². The predicted octanol–water partition coefficient (Wildman–Crippen LogP) is 1.08. The van der Waals surface area contributed by atoms with Gasteiger partial charge in [0, 0.05) is 24.4 Å². The van der Waals surface area contributed by atoms with Crippen LogP contribution in [0.1, 0.15) is 28.9 Å². The number of primary amides is 1. The van der Waals surface area contributed by atoms with Crippen molar-refractivity contribution in [1.29, 1.82) is 0 Å². The zero-order valence-corrected chi connectivity index (χ0v) is 15.8. The van der Waals surface area contributed by atoms with Crippen LogP contribution < -0.4 is 11.1 Å². The van der Waals surface area contributed by atoms with Crippen molar-refractivity contribution >= 4 is 40.7 Å². The summed E-state index contributed by atoms with van der Waals surface area (Å²) in [5.41, 5.74) is 7.02. The molecule has 0 aromatic carbocycles. The summed E-state index contributed by atoms with van der Waals surface area (Å²) < 4.78 is 6.81. The molecule has 3 N–H and O–H groups in total. The highest BCUT2D eigenvalue weighted by molar-refractivity contribution is 6.38. The highest BCUT2D eigenvalue weighted by Gasteiger charge is 2.28. The number of amides is 2. The van der Waals surface area contributed by atoms with E-state index >= 15 is 0 Å². The molecular weight excluding hydrogens is 388 g/mol. The van der Waals surface area contributed by atoms with E-state index in [-0.39, 0.29) is 12.1 Å². The van der Waals surface area contributed by atoms with Crippen LogP contribution in [0.4, 0.5) is 0 Å². The number of hydrogen-bond donors (Lipinski definition) is 2. The molecule has 1 aliphatic rings. The SMILES string of the molecule is NC(=O)C(=O)C(Cc1coc2cccnc12)NC(=O)c1ccnn1C1=CCCC=N1. The van der Waals surface area contributed by atoms with E-state index in [1.54, 1.807) is 24.5 Å². The summed E-state index contributed by atoms with van der Waals surface area (Å²) in [5, 5.41) is 6.72. The van der Waals surface area contributed by atoms with Crippen LogP contribution in [0.25, 0.3) is 16.9 Å². The second-order valence-electron chi connectivity index (χ2n) is 6.65. The van der Waals surface area contributed by atoms with Gasteiger partial charge in [-0.05, 0) is 37.1 Å². The summed E-state index contributed by atoms with van der Waals surface area (Å²) in [4.78, 5) is 45.3. The van der Waals surface area contributed by atoms with E-state index in [1.165, 1.54) is 23.2 Å². The molecule has 1 atom stereocenters. The molecule has 3 aromatic heterocycles. The lowest BCUT2D eigenvalue weighted by Gasteiger charge is -2.16. The first-order valence-electron chi connectivity index (χ1n) is 9.27. The minimum Gasteiger partial charge on any atom is -0.462 e. The predicted molar refractivity (Wildman–Crippen MR) is 107 cm³/mol. The highest BCUT2D eigenvalue weighted by atomic mass is 16.3. The number of carbonyl (C=O) groups excluding carboxylic acids is 3. The van der Waals surface area contributed by atoms with Gasteiger partial charge in [0.15, 0.2) is 5.58 Å². The Morgan fingerprint density at radius 2 is 2.10 bits per heavy atom. The first-order valence-corrected chi connectivity index (χ1v) is 9.27. The number of pyridine rings is 1. The number of aromatic nitrogens is 3. The number of allylic oxidation sites excluding steroid dienone is 1. The topological polar surface area (TPSA) is 145 Å². The van der Waals surface area contributed by atoms with Crippen LogP contribution in [0.2, 0.25) is 0 Å². The molecule has 2 amide bonds. The standard InChI is InChI=1S/C20H18N6O4/c21-19(28)18(27)13(10-12-11-30-15-4-3-8-23-17(12)15)25-20(29)14-6-9-24-26(14)16-5-1-2-7-22-16/h3-9,11,13H,1-2,10H2,(H2,21,28)(H,25,29). The van der Waals surface area contributed by atoms with Crippen molar-refractivity contribution < 1.29 is 18.8 Å². The lowest BCUT2D eigenvalue weighted by molar-refractivity contribution is -0.137. The van der Waals surface area contributed by atoms with Gasteiger partial charge in [-0.2, -0.15) is 5.10 Å². The molecule has 4 heterocycles. The van der Waals surface area contributed by atoms with Gasteiger partial charge in [-0.1, -0.05) is 0 Å². The lowest BCUT2D eigenvalue weighted by Crippen LogP contribution is -2.47. The molecule has 0 radical (unpaired) electrons. The van der Waals surface area contributed by atoms with E-state index < -0.39 is 23.6 Å². The van der Waals surface area contributed by atoms with Gasteiger partial charge in [-0.25, -0.2) is 9.67 Å². The monoisotopic (exact) mass is 406 g/mol. The molecule has 1 aliphatic heterocycles. The maximum absolute atomic E-state index is 12.9. The molecule has 10 nitrogen and oxygen atoms in total. The number of nitrogens with zero attached hydrogens (tertiary/aromatic N) is 4. The van der Waals surface area contributed by atoms with E-state index in [0.29, 0.717) is 22.5 Å². The Kier molecular flexibility index (Phi) is 5.21. The Labute approximate surface area is 170 Å². The summed E-state index contributed by atoms with van der Waals surface area (Å²) in [6.07, 6.45) is 9.68. The highest BCUT2D eigenvalue weighted by Crippen LogP contribution is 2.20. The lowest BCUT2D eigenvalue weighted by atomic mass is 10.0. The van der Waals surface area contributed by atoms with Gasteiger partial charge in [0.25, 0.3) is 11.8 Å². The van der Waals surface area contributed by atoms with Gasteiger partial charge in [-0.15, -0.1) is 0 Å². The molecule has 0 saturated carbocycles. The largest absolute Gasteiger partial charge is 0.462 e. The summed E-state index contributed by atoms with van der Waals surface area (Å²) >= 11 is 0. The fraction of sp³-hybridized carbons (Fsp3) is 0.200. The average molecular weight is 406 g/mol. The average Bonchev–Trinajstić information content (AvgIpc) is 3.41. The quantitative estimate of drug-likeness (QED) is 0.562. The maximum Gasteiger partial charge on any atom is 0.287 e. The van der Waals surface area contributed by atoms with Crippen molar-refractivity contribution in [3.63, 3.8) is 0 Å². The fourth-order valence-corrected chi connectivity index (χ4v) is 3.19. The Morgan fingerprint density at radius 1 is 1.23 bits per heavy atom. The van der Waals surface area contributed by atoms with Crippen LogP contribution in [0.3, 0.4) is 0 Å². The van der Waals surface area contributed by atoms with E-state index in [2.05, 4.69) is 20.4 Å². The summed E-state index contributed by atoms with van der Waals surface area (Å²) in [6.45, 7) is 0. The van der Waals surface area contributed by atoms with Crippen molar-refractivity contribution in [3.05, 3.63) is 54.2 Å². The van der Waals surface area contributed by atoms with Crippen LogP contribution in [-0.2, 0) is 16.0 Å². The van der Waals surface area contributed by atoms with Crippen molar-refractivity contribution in [2.45, 2.75) is 25.3 Å². The van der Waals surface area contributed by atoms with Gasteiger partial charge < -0.3 is 15.5 Å². The number of fused-ring (bicyclic) bond motifs is 1. The number of carbonyl (C=O) groups is 3. The molecule has 4 rings (SSSR count). The zero-order valence-electron chi connectivity index (χ0n) is 15.8. The summed E-state index contributed by atoms with van der Waals surface area (Å²) in [5.74, 6) is -2.14. The molecule has 3 aromatic rings. The third kappa shape index (κ3) is 3.75. The maximum atomic E-state index is 12.9. The number of nitrogens with two attached hydrogens (primary N) is 1. The van der Waals surface area contributed by atoms with Crippen molar-refractivity contribution in [1.82, 2.24) is 20.1 Å². The Bertz CT molecular complexity index is 1190. The summed E-state index contributed by atoms with van der Waals surface area (Å²) in [7, 11) is 0. The summed E-state index contributed by atoms with van der Waals surface area (Å²) in [6, 6.07) is 3.75. The molecule has 0 bridgehead atoms. The van der Waals surface area contributed by atoms with Crippen molar-refractivity contribution in [2.24, 2.45) is 10.7 Å². The van der Waals surface area contributed by atoms with Gasteiger partial charge in [0.2, 0.25) is 5.78 Å². The van der Waals surface area contributed by atoms with Crippen LogP contribution >= 0.6 is 0 Å². The second-order valence-corrected chi connectivity index (χ2v) is 6.65. The third-order valence-electron chi connectivity index (χ3n) is 4.63. The van der Waals surface area contributed by atoms with Crippen LogP contribution in [0, 0.1) is 0 Å². The second kappa shape index (κ2) is 8.11. The first-order chi connectivity index (χ1) is 14.5. The molecule has 152 valence electrons. The Hall–Kier alpha value is -4.08. The van der Waals surface area contributed by atoms with Gasteiger partial charge in [0.1, 0.15) is 23.1 Å². The fourth-order valence-electron chi connectivity index (χ4n) is 3.19. The Morgan fingerprint density at radius 3 is 2.87 bits per heavy atom. The third-order valence-corrected chi connectivity index (χ3v) is 4.63. The van der Waals surface area contributed by atoms with E-state index in [9.17, 15) is 14.4 Å². The number of rotatable bonds is 7. The number of ketones is 1. The van der Waals surface area contributed by atoms with Gasteiger partial charge in [0.05, 0.1) is 12.5 Å². The van der Waals surface area contributed by atoms with E-state index in [4.69, 9.17) is 10.2 Å². The van der Waals surface area contributed by atoms with Crippen molar-refractivity contribution in [2.75, 3.05) is 0 Å². The number of nitrogens with one attached hydrogen (secondary N) is 1. The molecular formula is C20H18N6O4.